The Morgan fingerprint density at radius 2 is 1.55 bits per heavy atom. The van der Waals surface area contributed by atoms with E-state index in [1.807, 2.05) is 30.3 Å². The molecule has 0 atom stereocenters. The first-order valence-corrected chi connectivity index (χ1v) is 10.2. The highest BCUT2D eigenvalue weighted by atomic mass is 16.5. The van der Waals surface area contributed by atoms with Gasteiger partial charge in [0.2, 0.25) is 5.75 Å². The van der Waals surface area contributed by atoms with E-state index < -0.39 is 5.91 Å². The summed E-state index contributed by atoms with van der Waals surface area (Å²) in [5, 5.41) is 3.17. The Bertz CT molecular complexity index is 1370. The van der Waals surface area contributed by atoms with E-state index in [0.29, 0.717) is 39.6 Å². The lowest BCUT2D eigenvalue weighted by molar-refractivity contribution is 0.102. The molecule has 1 N–H and O–H groups in total. The number of ether oxygens (including phenoxy) is 3. The van der Waals surface area contributed by atoms with Crippen molar-refractivity contribution in [3.05, 3.63) is 82.0 Å². The zero-order valence-electron chi connectivity index (χ0n) is 18.7. The number of rotatable bonds is 6. The number of hydrogen-bond donors (Lipinski definition) is 1. The Balaban J connectivity index is 1.81. The minimum atomic E-state index is -0.444. The van der Waals surface area contributed by atoms with Crippen molar-refractivity contribution in [2.24, 2.45) is 0 Å². The first kappa shape index (κ1) is 22.0. The van der Waals surface area contributed by atoms with Crippen molar-refractivity contribution < 1.29 is 23.4 Å². The van der Waals surface area contributed by atoms with Gasteiger partial charge >= 0.3 is 0 Å². The monoisotopic (exact) mass is 445 g/mol. The largest absolute Gasteiger partial charge is 0.493 e. The van der Waals surface area contributed by atoms with E-state index in [-0.39, 0.29) is 16.6 Å². The third-order valence-electron chi connectivity index (χ3n) is 5.35. The molecule has 0 radical (unpaired) electrons. The SMILES string of the molecule is COc1cc(NC(=O)c2cccc3c(=O)c(C)c(-c4ccccc4)oc23)cc(OC)c1OC. The van der Waals surface area contributed by atoms with Crippen LogP contribution in [0.25, 0.3) is 22.3 Å². The van der Waals surface area contributed by atoms with E-state index in [0.717, 1.165) is 5.56 Å². The lowest BCUT2D eigenvalue weighted by Gasteiger charge is -2.15. The third kappa shape index (κ3) is 4.01. The highest BCUT2D eigenvalue weighted by Crippen LogP contribution is 2.40. The van der Waals surface area contributed by atoms with Crippen LogP contribution in [0.4, 0.5) is 5.69 Å². The van der Waals surface area contributed by atoms with Crippen molar-refractivity contribution in [2.45, 2.75) is 6.92 Å². The number of methoxy groups -OCH3 is 3. The number of nitrogens with one attached hydrogen (secondary N) is 1. The fraction of sp³-hybridized carbons (Fsp3) is 0.154. The molecule has 0 spiro atoms. The van der Waals surface area contributed by atoms with Gasteiger partial charge in [-0.25, -0.2) is 0 Å². The zero-order chi connectivity index (χ0) is 23.5. The van der Waals surface area contributed by atoms with Gasteiger partial charge in [0.1, 0.15) is 5.76 Å². The normalized spacial score (nSPS) is 10.7. The molecule has 0 saturated carbocycles. The number of carbonyl (C=O) groups is 1. The molecule has 0 aliphatic carbocycles. The van der Waals surface area contributed by atoms with Crippen LogP contribution in [0.2, 0.25) is 0 Å². The van der Waals surface area contributed by atoms with Gasteiger partial charge in [0.25, 0.3) is 5.91 Å². The molecule has 4 aromatic rings. The molecule has 0 saturated heterocycles. The van der Waals surface area contributed by atoms with Gasteiger partial charge in [-0.1, -0.05) is 36.4 Å². The average molecular weight is 445 g/mol. The third-order valence-corrected chi connectivity index (χ3v) is 5.35. The van der Waals surface area contributed by atoms with Gasteiger partial charge in [-0.3, -0.25) is 9.59 Å². The second-order valence-electron chi connectivity index (χ2n) is 7.30. The van der Waals surface area contributed by atoms with E-state index in [2.05, 4.69) is 5.32 Å². The summed E-state index contributed by atoms with van der Waals surface area (Å²) in [6.45, 7) is 1.72. The molecule has 1 heterocycles. The number of benzene rings is 3. The first-order chi connectivity index (χ1) is 16.0. The van der Waals surface area contributed by atoms with Gasteiger partial charge in [0, 0.05) is 28.9 Å². The first-order valence-electron chi connectivity index (χ1n) is 10.2. The molecule has 7 heteroatoms. The minimum absolute atomic E-state index is 0.183. The van der Waals surface area contributed by atoms with Crippen molar-refractivity contribution in [2.75, 3.05) is 26.6 Å². The molecule has 0 bridgehead atoms. The second-order valence-corrected chi connectivity index (χ2v) is 7.30. The molecular weight excluding hydrogens is 422 g/mol. The topological polar surface area (TPSA) is 87.0 Å². The molecule has 0 aliphatic heterocycles. The van der Waals surface area contributed by atoms with Gasteiger partial charge in [0.05, 0.1) is 32.3 Å². The lowest BCUT2D eigenvalue weighted by Crippen LogP contribution is -2.15. The average Bonchev–Trinajstić information content (AvgIpc) is 2.85. The highest BCUT2D eigenvalue weighted by molar-refractivity contribution is 6.11. The number of para-hydroxylation sites is 1. The van der Waals surface area contributed by atoms with E-state index in [1.54, 1.807) is 37.3 Å². The molecule has 1 amide bonds. The lowest BCUT2D eigenvalue weighted by atomic mass is 10.0. The summed E-state index contributed by atoms with van der Waals surface area (Å²) in [7, 11) is 4.49. The van der Waals surface area contributed by atoms with Crippen LogP contribution in [-0.4, -0.2) is 27.2 Å². The number of amides is 1. The Morgan fingerprint density at radius 3 is 2.15 bits per heavy atom. The Labute approximate surface area is 190 Å². The molecule has 0 fully saturated rings. The van der Waals surface area contributed by atoms with Gasteiger partial charge in [-0.2, -0.15) is 0 Å². The minimum Gasteiger partial charge on any atom is -0.493 e. The molecule has 3 aromatic carbocycles. The van der Waals surface area contributed by atoms with Crippen molar-refractivity contribution in [1.29, 1.82) is 0 Å². The molecular formula is C26H23NO6. The fourth-order valence-corrected chi connectivity index (χ4v) is 3.70. The Morgan fingerprint density at radius 1 is 0.879 bits per heavy atom. The molecule has 33 heavy (non-hydrogen) atoms. The summed E-state index contributed by atoms with van der Waals surface area (Å²) in [4.78, 5) is 26.3. The van der Waals surface area contributed by atoms with Crippen molar-refractivity contribution >= 4 is 22.6 Å². The molecule has 0 aliphatic rings. The van der Waals surface area contributed by atoms with Crippen LogP contribution >= 0.6 is 0 Å². The van der Waals surface area contributed by atoms with Crippen LogP contribution in [0.1, 0.15) is 15.9 Å². The maximum Gasteiger partial charge on any atom is 0.259 e. The van der Waals surface area contributed by atoms with Crippen LogP contribution < -0.4 is 25.0 Å². The summed E-state index contributed by atoms with van der Waals surface area (Å²) in [6.07, 6.45) is 0. The van der Waals surface area contributed by atoms with Crippen molar-refractivity contribution in [1.82, 2.24) is 0 Å². The number of hydrogen-bond acceptors (Lipinski definition) is 6. The van der Waals surface area contributed by atoms with E-state index in [4.69, 9.17) is 18.6 Å². The number of anilines is 1. The molecule has 1 aromatic heterocycles. The summed E-state index contributed by atoms with van der Waals surface area (Å²) in [6, 6.07) is 17.5. The zero-order valence-corrected chi connectivity index (χ0v) is 18.7. The second kappa shape index (κ2) is 9.08. The van der Waals surface area contributed by atoms with Gasteiger partial charge in [0.15, 0.2) is 22.5 Å². The summed E-state index contributed by atoms with van der Waals surface area (Å²) in [5.74, 6) is 1.20. The predicted molar refractivity (Wildman–Crippen MR) is 127 cm³/mol. The van der Waals surface area contributed by atoms with E-state index in [1.165, 1.54) is 21.3 Å². The van der Waals surface area contributed by atoms with Gasteiger partial charge < -0.3 is 23.9 Å². The summed E-state index contributed by atoms with van der Waals surface area (Å²) in [5.41, 5.74) is 1.94. The summed E-state index contributed by atoms with van der Waals surface area (Å²) < 4.78 is 22.2. The Kier molecular flexibility index (Phi) is 6.04. The van der Waals surface area contributed by atoms with Crippen molar-refractivity contribution in [3.8, 4) is 28.6 Å². The molecule has 168 valence electrons. The van der Waals surface area contributed by atoms with Crippen LogP contribution in [-0.2, 0) is 0 Å². The van der Waals surface area contributed by atoms with Crippen LogP contribution in [0.5, 0.6) is 17.2 Å². The number of fused-ring (bicyclic) bond motifs is 1. The van der Waals surface area contributed by atoms with E-state index in [9.17, 15) is 9.59 Å². The Hall–Kier alpha value is -4.26. The predicted octanol–water partition coefficient (Wildman–Crippen LogP) is 5.05. The van der Waals surface area contributed by atoms with E-state index >= 15 is 0 Å². The summed E-state index contributed by atoms with van der Waals surface area (Å²) >= 11 is 0. The molecule has 4 rings (SSSR count). The highest BCUT2D eigenvalue weighted by Gasteiger charge is 2.20. The van der Waals surface area contributed by atoms with Gasteiger partial charge in [-0.15, -0.1) is 0 Å². The standard InChI is InChI=1S/C26H23NO6/c1-15-22(28)18-11-8-12-19(24(18)33-23(15)16-9-6-5-7-10-16)26(29)27-17-13-20(30-2)25(32-4)21(14-17)31-3/h5-14H,1-4H3,(H,27,29). The maximum absolute atomic E-state index is 13.2. The fourth-order valence-electron chi connectivity index (χ4n) is 3.70. The van der Waals surface area contributed by atoms with Crippen molar-refractivity contribution in [3.63, 3.8) is 0 Å². The van der Waals surface area contributed by atoms with Crippen LogP contribution in [0, 0.1) is 6.92 Å². The number of carbonyl (C=O) groups excluding carboxylic acids is 1. The smallest absolute Gasteiger partial charge is 0.259 e. The quantitative estimate of drug-likeness (QED) is 0.447. The molecule has 7 nitrogen and oxygen atoms in total. The van der Waals surface area contributed by atoms with Crippen LogP contribution in [0.3, 0.4) is 0 Å². The maximum atomic E-state index is 13.2. The van der Waals surface area contributed by atoms with Crippen LogP contribution in [0.15, 0.2) is 69.9 Å². The van der Waals surface area contributed by atoms with Gasteiger partial charge in [-0.05, 0) is 19.1 Å². The molecule has 0 unspecified atom stereocenters.